The largest absolute Gasteiger partial charge is 0.460 e. The van der Waals surface area contributed by atoms with Gasteiger partial charge in [0.2, 0.25) is 0 Å². The standard InChI is InChI=1S/C32H39BrClN3O4/c1-20-28(24-17-22(33)12-13-26(24)36-29(20)37-16-8-15-32(5,40)19-37)30(39)35-18-21(23-9-6-7-10-25(23)34)11-14-27(38)41-31(2,3)4/h6-7,9-10,12-13,17,21,40H,8,11,14-16,18-19H2,1-5H3,(H,35,39). The summed E-state index contributed by atoms with van der Waals surface area (Å²) in [5.41, 5.74) is 1.49. The summed E-state index contributed by atoms with van der Waals surface area (Å²) in [4.78, 5) is 33.5. The van der Waals surface area contributed by atoms with Gasteiger partial charge in [0.05, 0.1) is 16.7 Å². The first-order valence-corrected chi connectivity index (χ1v) is 15.2. The van der Waals surface area contributed by atoms with Crippen molar-refractivity contribution < 1.29 is 19.4 Å². The zero-order valence-electron chi connectivity index (χ0n) is 24.4. The highest BCUT2D eigenvalue weighted by Gasteiger charge is 2.31. The van der Waals surface area contributed by atoms with Gasteiger partial charge in [0.15, 0.2) is 0 Å². The number of pyridine rings is 1. The number of benzene rings is 2. The van der Waals surface area contributed by atoms with E-state index in [4.69, 9.17) is 21.3 Å². The monoisotopic (exact) mass is 643 g/mol. The fourth-order valence-electron chi connectivity index (χ4n) is 5.48. The maximum absolute atomic E-state index is 14.0. The third kappa shape index (κ3) is 7.99. The van der Waals surface area contributed by atoms with Gasteiger partial charge in [0.1, 0.15) is 11.4 Å². The molecule has 1 aliphatic rings. The van der Waals surface area contributed by atoms with Gasteiger partial charge < -0.3 is 20.1 Å². The third-order valence-electron chi connectivity index (χ3n) is 7.34. The number of anilines is 1. The number of hydrogen-bond acceptors (Lipinski definition) is 6. The second-order valence-electron chi connectivity index (χ2n) is 12.2. The Balaban J connectivity index is 1.64. The fourth-order valence-corrected chi connectivity index (χ4v) is 6.13. The molecule has 1 aliphatic heterocycles. The van der Waals surface area contributed by atoms with Crippen molar-refractivity contribution in [2.45, 2.75) is 77.4 Å². The Labute approximate surface area is 255 Å². The van der Waals surface area contributed by atoms with Crippen molar-refractivity contribution in [1.82, 2.24) is 10.3 Å². The fraction of sp³-hybridized carbons (Fsp3) is 0.469. The van der Waals surface area contributed by atoms with Crippen molar-refractivity contribution in [1.29, 1.82) is 0 Å². The molecule has 2 aromatic carbocycles. The second kappa shape index (κ2) is 12.7. The van der Waals surface area contributed by atoms with E-state index in [1.807, 2.05) is 77.1 Å². The molecule has 0 radical (unpaired) electrons. The van der Waals surface area contributed by atoms with Gasteiger partial charge in [-0.25, -0.2) is 4.98 Å². The molecule has 3 aromatic rings. The number of halogens is 2. The quantitative estimate of drug-likeness (QED) is 0.258. The number of amides is 1. The minimum atomic E-state index is -0.820. The molecule has 0 spiro atoms. The van der Waals surface area contributed by atoms with E-state index in [9.17, 15) is 14.7 Å². The number of hydrogen-bond donors (Lipinski definition) is 2. The van der Waals surface area contributed by atoms with Crippen LogP contribution in [0.1, 0.15) is 80.8 Å². The third-order valence-corrected chi connectivity index (χ3v) is 8.17. The number of carbonyl (C=O) groups excluding carboxylic acids is 2. The Hall–Kier alpha value is -2.68. The van der Waals surface area contributed by atoms with Crippen molar-refractivity contribution >= 4 is 56.1 Å². The number of aromatic nitrogens is 1. The van der Waals surface area contributed by atoms with E-state index in [1.54, 1.807) is 0 Å². The summed E-state index contributed by atoms with van der Waals surface area (Å²) >= 11 is 10.1. The molecular formula is C32H39BrClN3O4. The Morgan fingerprint density at radius 1 is 1.24 bits per heavy atom. The number of rotatable bonds is 8. The van der Waals surface area contributed by atoms with Crippen LogP contribution < -0.4 is 10.2 Å². The predicted octanol–water partition coefficient (Wildman–Crippen LogP) is 6.95. The first kappa shape index (κ1) is 31.3. The van der Waals surface area contributed by atoms with E-state index in [-0.39, 0.29) is 30.8 Å². The van der Waals surface area contributed by atoms with Crippen LogP contribution in [0.2, 0.25) is 5.02 Å². The van der Waals surface area contributed by atoms with Gasteiger partial charge in [-0.3, -0.25) is 9.59 Å². The normalized spacial score (nSPS) is 18.3. The van der Waals surface area contributed by atoms with Gasteiger partial charge in [-0.1, -0.05) is 45.7 Å². The molecule has 220 valence electrons. The minimum Gasteiger partial charge on any atom is -0.460 e. The SMILES string of the molecule is Cc1c(N2CCCC(C)(O)C2)nc2ccc(Br)cc2c1C(=O)NCC(CCC(=O)OC(C)(C)C)c1ccccc1Cl. The van der Waals surface area contributed by atoms with Gasteiger partial charge in [-0.05, 0) is 83.7 Å². The van der Waals surface area contributed by atoms with E-state index in [0.717, 1.165) is 40.4 Å². The van der Waals surface area contributed by atoms with Crippen LogP contribution in [0.5, 0.6) is 0 Å². The van der Waals surface area contributed by atoms with Crippen molar-refractivity contribution in [3.8, 4) is 0 Å². The number of ether oxygens (including phenoxy) is 1. The Bertz CT molecular complexity index is 1440. The maximum Gasteiger partial charge on any atom is 0.306 e. The van der Waals surface area contributed by atoms with E-state index >= 15 is 0 Å². The minimum absolute atomic E-state index is 0.197. The van der Waals surface area contributed by atoms with Gasteiger partial charge in [0, 0.05) is 52.4 Å². The van der Waals surface area contributed by atoms with Crippen LogP contribution in [-0.4, -0.2) is 52.8 Å². The molecule has 2 heterocycles. The first-order chi connectivity index (χ1) is 19.2. The van der Waals surface area contributed by atoms with Crippen LogP contribution in [-0.2, 0) is 9.53 Å². The summed E-state index contributed by atoms with van der Waals surface area (Å²) < 4.78 is 6.36. The van der Waals surface area contributed by atoms with Crippen LogP contribution in [0.15, 0.2) is 46.9 Å². The van der Waals surface area contributed by atoms with Crippen molar-refractivity contribution in [2.24, 2.45) is 0 Å². The molecule has 9 heteroatoms. The summed E-state index contributed by atoms with van der Waals surface area (Å²) in [5.74, 6) is -0.00870. The van der Waals surface area contributed by atoms with E-state index in [0.29, 0.717) is 34.9 Å². The lowest BCUT2D eigenvalue weighted by atomic mass is 9.93. The Kier molecular flexibility index (Phi) is 9.66. The summed E-state index contributed by atoms with van der Waals surface area (Å²) in [7, 11) is 0. The maximum atomic E-state index is 14.0. The number of esters is 1. The summed E-state index contributed by atoms with van der Waals surface area (Å²) in [6.45, 7) is 10.8. The summed E-state index contributed by atoms with van der Waals surface area (Å²) in [6.07, 6.45) is 2.23. The van der Waals surface area contributed by atoms with Gasteiger partial charge in [-0.2, -0.15) is 0 Å². The molecule has 1 fully saturated rings. The molecule has 1 amide bonds. The molecule has 2 atom stereocenters. The molecule has 7 nitrogen and oxygen atoms in total. The van der Waals surface area contributed by atoms with E-state index < -0.39 is 11.2 Å². The van der Waals surface area contributed by atoms with Crippen LogP contribution >= 0.6 is 27.5 Å². The van der Waals surface area contributed by atoms with Crippen LogP contribution in [0.4, 0.5) is 5.82 Å². The van der Waals surface area contributed by atoms with Gasteiger partial charge >= 0.3 is 5.97 Å². The first-order valence-electron chi connectivity index (χ1n) is 14.1. The average molecular weight is 645 g/mol. The molecule has 2 N–H and O–H groups in total. The molecule has 0 aliphatic carbocycles. The van der Waals surface area contributed by atoms with Crippen LogP contribution in [0, 0.1) is 6.92 Å². The number of fused-ring (bicyclic) bond motifs is 1. The average Bonchev–Trinajstić information content (AvgIpc) is 2.87. The smallest absolute Gasteiger partial charge is 0.306 e. The van der Waals surface area contributed by atoms with E-state index in [2.05, 4.69) is 26.1 Å². The molecule has 1 saturated heterocycles. The number of carbonyl (C=O) groups is 2. The highest BCUT2D eigenvalue weighted by Crippen LogP contribution is 2.34. The van der Waals surface area contributed by atoms with Gasteiger partial charge in [0.25, 0.3) is 5.91 Å². The number of aliphatic hydroxyl groups is 1. The molecule has 4 rings (SSSR count). The van der Waals surface area contributed by atoms with Crippen molar-refractivity contribution in [3.63, 3.8) is 0 Å². The molecule has 2 unspecified atom stereocenters. The highest BCUT2D eigenvalue weighted by atomic mass is 79.9. The summed E-state index contributed by atoms with van der Waals surface area (Å²) in [6, 6.07) is 13.2. The molecule has 0 saturated carbocycles. The Morgan fingerprint density at radius 3 is 2.66 bits per heavy atom. The predicted molar refractivity (Wildman–Crippen MR) is 168 cm³/mol. The zero-order chi connectivity index (χ0) is 29.9. The molecule has 41 heavy (non-hydrogen) atoms. The zero-order valence-corrected chi connectivity index (χ0v) is 26.7. The number of nitrogens with one attached hydrogen (secondary N) is 1. The summed E-state index contributed by atoms with van der Waals surface area (Å²) in [5, 5.41) is 15.2. The lowest BCUT2D eigenvalue weighted by molar-refractivity contribution is -0.155. The van der Waals surface area contributed by atoms with E-state index in [1.165, 1.54) is 0 Å². The second-order valence-corrected chi connectivity index (χ2v) is 13.5. The Morgan fingerprint density at radius 2 is 1.98 bits per heavy atom. The number of β-amino-alcohol motifs (C(OH)–C–C–N with tert-alkyl or cyclic N) is 1. The molecule has 0 bridgehead atoms. The van der Waals surface area contributed by atoms with Crippen LogP contribution in [0.3, 0.4) is 0 Å². The number of nitrogens with zero attached hydrogens (tertiary/aromatic N) is 2. The highest BCUT2D eigenvalue weighted by molar-refractivity contribution is 9.10. The molecular weight excluding hydrogens is 606 g/mol. The lowest BCUT2D eigenvalue weighted by Gasteiger charge is -2.38. The lowest BCUT2D eigenvalue weighted by Crippen LogP contribution is -2.46. The van der Waals surface area contributed by atoms with Crippen molar-refractivity contribution in [2.75, 3.05) is 24.5 Å². The van der Waals surface area contributed by atoms with Gasteiger partial charge in [-0.15, -0.1) is 0 Å². The van der Waals surface area contributed by atoms with Crippen molar-refractivity contribution in [3.05, 3.63) is 68.7 Å². The number of piperidine rings is 1. The van der Waals surface area contributed by atoms with Crippen LogP contribution in [0.25, 0.3) is 10.9 Å². The molecule has 1 aromatic heterocycles. The topological polar surface area (TPSA) is 91.8 Å².